The maximum absolute atomic E-state index is 12.3. The molecule has 0 bridgehead atoms. The number of benzene rings is 2. The summed E-state index contributed by atoms with van der Waals surface area (Å²) in [4.78, 5) is 2.51. The second-order valence-corrected chi connectivity index (χ2v) is 10.1. The maximum atomic E-state index is 12.3. The molecule has 2 atom stereocenters. The zero-order chi connectivity index (χ0) is 19.4. The minimum atomic E-state index is -3.32. The van der Waals surface area contributed by atoms with Gasteiger partial charge in [0.2, 0.25) is 0 Å². The van der Waals surface area contributed by atoms with E-state index in [0.717, 1.165) is 16.8 Å². The molecule has 2 aliphatic rings. The topological polar surface area (TPSA) is 46.6 Å². The molecule has 27 heavy (non-hydrogen) atoms. The Morgan fingerprint density at radius 3 is 2.56 bits per heavy atom. The van der Waals surface area contributed by atoms with Gasteiger partial charge in [0.15, 0.2) is 9.84 Å². The van der Waals surface area contributed by atoms with Gasteiger partial charge in [0.25, 0.3) is 0 Å². The Kier molecular flexibility index (Phi) is 4.37. The van der Waals surface area contributed by atoms with Crippen LogP contribution in [0.5, 0.6) is 0 Å². The molecule has 0 saturated carbocycles. The van der Waals surface area contributed by atoms with Crippen molar-refractivity contribution in [1.82, 2.24) is 0 Å². The third-order valence-electron chi connectivity index (χ3n) is 5.36. The van der Waals surface area contributed by atoms with Gasteiger partial charge in [-0.1, -0.05) is 48.0 Å². The van der Waals surface area contributed by atoms with Crippen molar-refractivity contribution in [2.75, 3.05) is 11.2 Å². The molecule has 0 spiro atoms. The number of rotatable bonds is 3. The molecule has 0 aliphatic carbocycles. The van der Waals surface area contributed by atoms with Crippen LogP contribution < -0.4 is 4.90 Å². The van der Waals surface area contributed by atoms with E-state index in [2.05, 4.69) is 18.7 Å². The first kappa shape index (κ1) is 18.5. The summed E-state index contributed by atoms with van der Waals surface area (Å²) in [6, 6.07) is 13.1. The summed E-state index contributed by atoms with van der Waals surface area (Å²) in [5.74, 6) is 0. The predicted octanol–water partition coefficient (Wildman–Crippen LogP) is 4.32. The van der Waals surface area contributed by atoms with Gasteiger partial charge < -0.3 is 9.64 Å². The highest BCUT2D eigenvalue weighted by molar-refractivity contribution is 7.90. The second kappa shape index (κ2) is 6.36. The number of halogens is 1. The Bertz CT molecular complexity index is 1010. The van der Waals surface area contributed by atoms with Crippen molar-refractivity contribution in [3.63, 3.8) is 0 Å². The van der Waals surface area contributed by atoms with Crippen molar-refractivity contribution in [2.45, 2.75) is 43.0 Å². The Balaban J connectivity index is 1.69. The number of anilines is 1. The highest BCUT2D eigenvalue weighted by atomic mass is 35.5. The van der Waals surface area contributed by atoms with Crippen LogP contribution in [0.25, 0.3) is 6.08 Å². The fourth-order valence-electron chi connectivity index (χ4n) is 4.02. The number of para-hydroxylation sites is 1. The van der Waals surface area contributed by atoms with Crippen molar-refractivity contribution in [2.24, 2.45) is 0 Å². The molecule has 1 fully saturated rings. The zero-order valence-corrected chi connectivity index (χ0v) is 17.1. The number of fused-ring (bicyclic) bond motifs is 3. The molecule has 0 amide bonds. The van der Waals surface area contributed by atoms with Crippen LogP contribution in [0.1, 0.15) is 25.0 Å². The molecule has 4 nitrogen and oxygen atoms in total. The third kappa shape index (κ3) is 3.18. The lowest BCUT2D eigenvalue weighted by Crippen LogP contribution is -2.46. The molecule has 2 aliphatic heterocycles. The van der Waals surface area contributed by atoms with Crippen LogP contribution in [-0.2, 0) is 21.0 Å². The average molecular weight is 404 g/mol. The van der Waals surface area contributed by atoms with Crippen LogP contribution >= 0.6 is 11.6 Å². The van der Waals surface area contributed by atoms with E-state index < -0.39 is 9.84 Å². The molecule has 0 N–H and O–H groups in total. The van der Waals surface area contributed by atoms with Gasteiger partial charge in [0.05, 0.1) is 16.1 Å². The lowest BCUT2D eigenvalue weighted by Gasteiger charge is -2.35. The Morgan fingerprint density at radius 2 is 1.89 bits per heavy atom. The summed E-state index contributed by atoms with van der Waals surface area (Å²) in [7, 11) is -3.32. The first-order chi connectivity index (χ1) is 12.7. The Hall–Kier alpha value is -1.82. The van der Waals surface area contributed by atoms with Crippen LogP contribution in [0.4, 0.5) is 5.69 Å². The van der Waals surface area contributed by atoms with Crippen molar-refractivity contribution < 1.29 is 13.2 Å². The monoisotopic (exact) mass is 403 g/mol. The Labute approximate surface area is 165 Å². The first-order valence-electron chi connectivity index (χ1n) is 8.88. The number of ether oxygens (including phenoxy) is 1. The third-order valence-corrected chi connectivity index (χ3v) is 6.74. The second-order valence-electron chi connectivity index (χ2n) is 7.69. The largest absolute Gasteiger partial charge is 0.348 e. The van der Waals surface area contributed by atoms with E-state index in [1.807, 2.05) is 48.6 Å². The minimum Gasteiger partial charge on any atom is -0.348 e. The molecular formula is C21H22ClNO3S. The Morgan fingerprint density at radius 1 is 1.19 bits per heavy atom. The fourth-order valence-corrected chi connectivity index (χ4v) is 5.06. The summed E-state index contributed by atoms with van der Waals surface area (Å²) in [6.07, 6.45) is 5.71. The molecule has 2 heterocycles. The summed E-state index contributed by atoms with van der Waals surface area (Å²) in [6.45, 7) is 4.19. The summed E-state index contributed by atoms with van der Waals surface area (Å²) in [5.41, 5.74) is 2.48. The molecule has 6 heteroatoms. The van der Waals surface area contributed by atoms with E-state index in [0.29, 0.717) is 16.3 Å². The molecule has 4 rings (SSSR count). The molecule has 0 aromatic heterocycles. The molecule has 142 valence electrons. The van der Waals surface area contributed by atoms with Crippen LogP contribution in [0, 0.1) is 0 Å². The maximum Gasteiger partial charge on any atom is 0.177 e. The van der Waals surface area contributed by atoms with E-state index in [-0.39, 0.29) is 17.9 Å². The van der Waals surface area contributed by atoms with Crippen molar-refractivity contribution in [1.29, 1.82) is 0 Å². The summed E-state index contributed by atoms with van der Waals surface area (Å²) < 4.78 is 31.0. The van der Waals surface area contributed by atoms with Gasteiger partial charge in [0.1, 0.15) is 12.3 Å². The quantitative estimate of drug-likeness (QED) is 0.765. The molecule has 2 aromatic rings. The number of sulfone groups is 1. The van der Waals surface area contributed by atoms with Gasteiger partial charge in [-0.15, -0.1) is 0 Å². The van der Waals surface area contributed by atoms with Crippen molar-refractivity contribution in [3.05, 3.63) is 64.7 Å². The van der Waals surface area contributed by atoms with Crippen LogP contribution in [-0.4, -0.2) is 32.5 Å². The van der Waals surface area contributed by atoms with Crippen molar-refractivity contribution in [3.8, 4) is 0 Å². The van der Waals surface area contributed by atoms with Gasteiger partial charge in [-0.3, -0.25) is 0 Å². The average Bonchev–Trinajstić information content (AvgIpc) is 3.08. The number of nitrogens with zero attached hydrogens (tertiary/aromatic N) is 1. The van der Waals surface area contributed by atoms with Gasteiger partial charge in [-0.05, 0) is 43.2 Å². The van der Waals surface area contributed by atoms with Gasteiger partial charge >= 0.3 is 0 Å². The standard InChI is InChI=1S/C21H22ClNO3S/c1-21(2)18(12-9-14-7-10-16(22)11-8-14)26-19-13-15-5-4-6-17(27(3,24)25)20(15)23(19)21/h4-12,18-19H,13H2,1-3H3. The zero-order valence-electron chi connectivity index (χ0n) is 15.5. The molecule has 2 unspecified atom stereocenters. The van der Waals surface area contributed by atoms with Gasteiger partial charge in [-0.2, -0.15) is 0 Å². The molecular weight excluding hydrogens is 382 g/mol. The minimum absolute atomic E-state index is 0.154. The van der Waals surface area contributed by atoms with Crippen LogP contribution in [0.2, 0.25) is 5.02 Å². The molecule has 1 saturated heterocycles. The molecule has 2 aromatic carbocycles. The van der Waals surface area contributed by atoms with E-state index in [1.54, 1.807) is 6.07 Å². The van der Waals surface area contributed by atoms with Crippen molar-refractivity contribution >= 4 is 33.2 Å². The van der Waals surface area contributed by atoms with E-state index in [9.17, 15) is 8.42 Å². The van der Waals surface area contributed by atoms with E-state index in [1.165, 1.54) is 6.26 Å². The number of hydrogen-bond acceptors (Lipinski definition) is 4. The summed E-state index contributed by atoms with van der Waals surface area (Å²) >= 11 is 5.94. The van der Waals surface area contributed by atoms with Crippen LogP contribution in [0.3, 0.4) is 0 Å². The lowest BCUT2D eigenvalue weighted by molar-refractivity contribution is 0.0652. The van der Waals surface area contributed by atoms with Gasteiger partial charge in [0, 0.05) is 17.7 Å². The van der Waals surface area contributed by atoms with E-state index in [4.69, 9.17) is 16.3 Å². The smallest absolute Gasteiger partial charge is 0.177 e. The fraction of sp³-hybridized carbons (Fsp3) is 0.333. The normalized spacial score (nSPS) is 23.6. The predicted molar refractivity (Wildman–Crippen MR) is 109 cm³/mol. The highest BCUT2D eigenvalue weighted by Crippen LogP contribution is 2.48. The highest BCUT2D eigenvalue weighted by Gasteiger charge is 2.52. The first-order valence-corrected chi connectivity index (χ1v) is 11.2. The molecule has 0 radical (unpaired) electrons. The van der Waals surface area contributed by atoms with Crippen LogP contribution in [0.15, 0.2) is 53.4 Å². The van der Waals surface area contributed by atoms with Gasteiger partial charge in [-0.25, -0.2) is 8.42 Å². The summed E-state index contributed by atoms with van der Waals surface area (Å²) in [5, 5.41) is 0.704. The SMILES string of the molecule is CC1(C)C(C=Cc2ccc(Cl)cc2)OC2Cc3cccc(S(C)(=O)=O)c3N21. The van der Waals surface area contributed by atoms with E-state index >= 15 is 0 Å². The lowest BCUT2D eigenvalue weighted by atomic mass is 9.95. The number of hydrogen-bond donors (Lipinski definition) is 0.